The Balaban J connectivity index is 2.48. The largest absolute Gasteiger partial charge is 0.387 e. The minimum atomic E-state index is -0.514. The van der Waals surface area contributed by atoms with Gasteiger partial charge in [-0.1, -0.05) is 0 Å². The molecule has 0 aliphatic rings. The van der Waals surface area contributed by atoms with E-state index >= 15 is 0 Å². The van der Waals surface area contributed by atoms with Crippen molar-refractivity contribution in [1.29, 1.82) is 0 Å². The van der Waals surface area contributed by atoms with Crippen molar-refractivity contribution in [2.75, 3.05) is 11.9 Å². The molecule has 10 heavy (non-hydrogen) atoms. The summed E-state index contributed by atoms with van der Waals surface area (Å²) in [6.45, 7) is -0.514. The zero-order valence-corrected chi connectivity index (χ0v) is 5.81. The van der Waals surface area contributed by atoms with Gasteiger partial charge in [0.2, 0.25) is 0 Å². The SMILES string of the molecule is O=C(CO)Nc1n[c]cs1. The van der Waals surface area contributed by atoms with Gasteiger partial charge in [-0.2, -0.15) is 0 Å². The second-order valence-corrected chi connectivity index (χ2v) is 2.35. The molecule has 0 spiro atoms. The molecule has 1 aromatic rings. The lowest BCUT2D eigenvalue weighted by atomic mass is 10.7. The minimum absolute atomic E-state index is 0.455. The predicted octanol–water partition coefficient (Wildman–Crippen LogP) is -0.126. The zero-order chi connectivity index (χ0) is 7.40. The molecule has 0 aromatic carbocycles. The van der Waals surface area contributed by atoms with Crippen LogP contribution in [0.2, 0.25) is 0 Å². The van der Waals surface area contributed by atoms with Gasteiger partial charge in [-0.25, -0.2) is 4.98 Å². The third kappa shape index (κ3) is 1.78. The lowest BCUT2D eigenvalue weighted by Crippen LogP contribution is -2.14. The smallest absolute Gasteiger partial charge is 0.251 e. The maximum Gasteiger partial charge on any atom is 0.251 e. The van der Waals surface area contributed by atoms with Crippen molar-refractivity contribution in [3.63, 3.8) is 0 Å². The van der Waals surface area contributed by atoms with E-state index in [4.69, 9.17) is 5.11 Å². The fraction of sp³-hybridized carbons (Fsp3) is 0.200. The van der Waals surface area contributed by atoms with Crippen LogP contribution in [0.4, 0.5) is 5.13 Å². The third-order valence-electron chi connectivity index (χ3n) is 0.779. The van der Waals surface area contributed by atoms with Crippen molar-refractivity contribution in [2.24, 2.45) is 0 Å². The molecule has 5 heteroatoms. The van der Waals surface area contributed by atoms with E-state index in [9.17, 15) is 4.79 Å². The molecule has 53 valence electrons. The Morgan fingerprint density at radius 2 is 2.80 bits per heavy atom. The number of amides is 1. The molecule has 0 bridgehead atoms. The van der Waals surface area contributed by atoms with Crippen LogP contribution in [0.5, 0.6) is 0 Å². The number of aliphatic hydroxyl groups excluding tert-OH is 1. The number of aliphatic hydroxyl groups is 1. The Labute approximate surface area is 61.5 Å². The van der Waals surface area contributed by atoms with E-state index in [1.807, 2.05) is 0 Å². The van der Waals surface area contributed by atoms with E-state index in [2.05, 4.69) is 16.5 Å². The molecule has 0 saturated carbocycles. The molecule has 0 fully saturated rings. The van der Waals surface area contributed by atoms with Crippen LogP contribution in [0.1, 0.15) is 0 Å². The highest BCUT2D eigenvalue weighted by Crippen LogP contribution is 2.08. The molecule has 4 nitrogen and oxygen atoms in total. The van der Waals surface area contributed by atoms with Gasteiger partial charge in [0, 0.05) is 5.38 Å². The normalized spacial score (nSPS) is 9.30. The molecule has 1 heterocycles. The molecular weight excluding hydrogens is 152 g/mol. The van der Waals surface area contributed by atoms with Gasteiger partial charge in [-0.15, -0.1) is 11.3 Å². The topological polar surface area (TPSA) is 62.2 Å². The van der Waals surface area contributed by atoms with Crippen LogP contribution in [0.25, 0.3) is 0 Å². The Bertz CT molecular complexity index is 209. The number of thiazole rings is 1. The van der Waals surface area contributed by atoms with Crippen LogP contribution in [0.15, 0.2) is 5.38 Å². The summed E-state index contributed by atoms with van der Waals surface area (Å²) in [4.78, 5) is 14.1. The minimum Gasteiger partial charge on any atom is -0.387 e. The first-order valence-corrected chi connectivity index (χ1v) is 3.43. The quantitative estimate of drug-likeness (QED) is 0.628. The number of rotatable bonds is 2. The summed E-state index contributed by atoms with van der Waals surface area (Å²) >= 11 is 1.26. The summed E-state index contributed by atoms with van der Waals surface area (Å²) in [5, 5.41) is 12.7. The molecule has 0 atom stereocenters. The molecule has 1 amide bonds. The summed E-state index contributed by atoms with van der Waals surface area (Å²) in [5.41, 5.74) is 0. The molecule has 0 aliphatic heterocycles. The highest BCUT2D eigenvalue weighted by Gasteiger charge is 1.99. The second kappa shape index (κ2) is 3.28. The number of hydrogen-bond donors (Lipinski definition) is 2. The van der Waals surface area contributed by atoms with Gasteiger partial charge < -0.3 is 5.11 Å². The Kier molecular flexibility index (Phi) is 2.35. The van der Waals surface area contributed by atoms with Crippen molar-refractivity contribution in [2.45, 2.75) is 0 Å². The second-order valence-electron chi connectivity index (χ2n) is 1.49. The van der Waals surface area contributed by atoms with Crippen LogP contribution < -0.4 is 5.32 Å². The van der Waals surface area contributed by atoms with Crippen molar-refractivity contribution in [3.8, 4) is 0 Å². The molecular formula is C5H5N2O2S. The Morgan fingerprint density at radius 3 is 3.30 bits per heavy atom. The standard InChI is InChI=1S/C5H5N2O2S/c8-3-4(9)7-5-6-1-2-10-5/h2,8H,3H2,(H,6,7,9). The summed E-state index contributed by atoms with van der Waals surface area (Å²) < 4.78 is 0. The van der Waals surface area contributed by atoms with Gasteiger partial charge >= 0.3 is 0 Å². The number of nitrogens with one attached hydrogen (secondary N) is 1. The van der Waals surface area contributed by atoms with Gasteiger partial charge in [0.25, 0.3) is 5.91 Å². The first-order chi connectivity index (χ1) is 4.83. The van der Waals surface area contributed by atoms with E-state index in [-0.39, 0.29) is 0 Å². The Hall–Kier alpha value is -0.940. The van der Waals surface area contributed by atoms with Crippen molar-refractivity contribution < 1.29 is 9.90 Å². The molecule has 0 unspecified atom stereocenters. The molecule has 1 aromatic heterocycles. The number of hydrogen-bond acceptors (Lipinski definition) is 4. The third-order valence-corrected chi connectivity index (χ3v) is 1.42. The highest BCUT2D eigenvalue weighted by atomic mass is 32.1. The van der Waals surface area contributed by atoms with E-state index in [1.165, 1.54) is 11.3 Å². The van der Waals surface area contributed by atoms with Gasteiger partial charge in [-0.3, -0.25) is 10.1 Å². The van der Waals surface area contributed by atoms with Gasteiger partial charge in [-0.05, 0) is 0 Å². The first kappa shape index (κ1) is 7.17. The van der Waals surface area contributed by atoms with E-state index in [1.54, 1.807) is 5.38 Å². The molecule has 1 radical (unpaired) electrons. The summed E-state index contributed by atoms with van der Waals surface area (Å²) in [6, 6.07) is 0. The lowest BCUT2D eigenvalue weighted by molar-refractivity contribution is -0.118. The summed E-state index contributed by atoms with van der Waals surface area (Å²) in [6.07, 6.45) is 2.53. The predicted molar refractivity (Wildman–Crippen MR) is 36.7 cm³/mol. The number of carbonyl (C=O) groups excluding carboxylic acids is 1. The maximum absolute atomic E-state index is 10.5. The first-order valence-electron chi connectivity index (χ1n) is 2.55. The monoisotopic (exact) mass is 157 g/mol. The molecule has 2 N–H and O–H groups in total. The van der Waals surface area contributed by atoms with Crippen LogP contribution in [0.3, 0.4) is 0 Å². The zero-order valence-electron chi connectivity index (χ0n) is 5.00. The van der Waals surface area contributed by atoms with E-state index < -0.39 is 12.5 Å². The van der Waals surface area contributed by atoms with Gasteiger partial charge in [0.1, 0.15) is 12.8 Å². The fourth-order valence-electron chi connectivity index (χ4n) is 0.410. The molecule has 1 rings (SSSR count). The number of anilines is 1. The van der Waals surface area contributed by atoms with Crippen LogP contribution in [0, 0.1) is 6.20 Å². The number of aromatic nitrogens is 1. The molecule has 0 saturated heterocycles. The van der Waals surface area contributed by atoms with Gasteiger partial charge in [0.05, 0.1) is 0 Å². The number of carbonyl (C=O) groups is 1. The van der Waals surface area contributed by atoms with E-state index in [0.29, 0.717) is 5.13 Å². The Morgan fingerprint density at radius 1 is 2.00 bits per heavy atom. The summed E-state index contributed by atoms with van der Waals surface area (Å²) in [7, 11) is 0. The lowest BCUT2D eigenvalue weighted by Gasteiger charge is -1.94. The van der Waals surface area contributed by atoms with Crippen molar-refractivity contribution >= 4 is 22.4 Å². The number of nitrogens with zero attached hydrogens (tertiary/aromatic N) is 1. The highest BCUT2D eigenvalue weighted by molar-refractivity contribution is 7.13. The average molecular weight is 157 g/mol. The van der Waals surface area contributed by atoms with Crippen LogP contribution >= 0.6 is 11.3 Å². The van der Waals surface area contributed by atoms with Crippen LogP contribution in [-0.4, -0.2) is 22.6 Å². The van der Waals surface area contributed by atoms with Crippen molar-refractivity contribution in [3.05, 3.63) is 11.6 Å². The molecule has 0 aliphatic carbocycles. The van der Waals surface area contributed by atoms with Crippen molar-refractivity contribution in [1.82, 2.24) is 4.98 Å². The summed E-state index contributed by atoms with van der Waals surface area (Å²) in [5.74, 6) is -0.455. The fourth-order valence-corrected chi connectivity index (χ4v) is 0.905. The maximum atomic E-state index is 10.5. The van der Waals surface area contributed by atoms with Gasteiger partial charge in [0.15, 0.2) is 5.13 Å². The van der Waals surface area contributed by atoms with Crippen LogP contribution in [-0.2, 0) is 4.79 Å². The average Bonchev–Trinajstić information content (AvgIpc) is 2.40. The van der Waals surface area contributed by atoms with E-state index in [0.717, 1.165) is 0 Å².